The van der Waals surface area contributed by atoms with E-state index in [9.17, 15) is 0 Å². The van der Waals surface area contributed by atoms with Gasteiger partial charge < -0.3 is 4.57 Å². The minimum atomic E-state index is 0.987. The van der Waals surface area contributed by atoms with Crippen LogP contribution in [0.3, 0.4) is 0 Å². The number of imidazole rings is 1. The van der Waals surface area contributed by atoms with E-state index in [1.54, 1.807) is 6.20 Å². The fraction of sp³-hybridized carbons (Fsp3) is 0.0833. The first kappa shape index (κ1) is 8.75. The van der Waals surface area contributed by atoms with Gasteiger partial charge in [-0.25, -0.2) is 4.98 Å². The molecule has 0 amide bonds. The summed E-state index contributed by atoms with van der Waals surface area (Å²) in [6.45, 7) is 3.72. The molecule has 0 N–H and O–H groups in total. The van der Waals surface area contributed by atoms with E-state index < -0.39 is 0 Å². The van der Waals surface area contributed by atoms with Gasteiger partial charge in [0.15, 0.2) is 0 Å². The zero-order valence-electron chi connectivity index (χ0n) is 8.14. The first-order valence-corrected chi connectivity index (χ1v) is 4.51. The molecule has 2 heteroatoms. The first-order chi connectivity index (χ1) is 6.81. The van der Waals surface area contributed by atoms with E-state index in [1.807, 2.05) is 36.0 Å². The molecule has 0 aliphatic rings. The highest BCUT2D eigenvalue weighted by molar-refractivity contribution is 5.59. The Balaban J connectivity index is 2.43. The summed E-state index contributed by atoms with van der Waals surface area (Å²) in [4.78, 5) is 4.28. The topological polar surface area (TPSA) is 17.8 Å². The average Bonchev–Trinajstić information content (AvgIpc) is 2.65. The second-order valence-corrected chi connectivity index (χ2v) is 3.19. The molecule has 1 heterocycles. The molecule has 14 heavy (non-hydrogen) atoms. The summed E-state index contributed by atoms with van der Waals surface area (Å²) in [5.74, 6) is 0.987. The van der Waals surface area contributed by atoms with E-state index in [0.29, 0.717) is 0 Å². The Morgan fingerprint density at radius 3 is 2.50 bits per heavy atom. The van der Waals surface area contributed by atoms with Crippen LogP contribution in [0.1, 0.15) is 5.56 Å². The van der Waals surface area contributed by atoms with E-state index in [0.717, 1.165) is 17.0 Å². The van der Waals surface area contributed by atoms with E-state index in [-0.39, 0.29) is 0 Å². The van der Waals surface area contributed by atoms with Crippen molar-refractivity contribution in [3.05, 3.63) is 48.8 Å². The predicted octanol–water partition coefficient (Wildman–Crippen LogP) is 2.73. The van der Waals surface area contributed by atoms with Crippen LogP contribution in [0.5, 0.6) is 0 Å². The van der Waals surface area contributed by atoms with Gasteiger partial charge in [0, 0.05) is 25.0 Å². The monoisotopic (exact) mass is 184 g/mol. The standard InChI is InChI=1S/C12H12N2/c1-3-10-4-6-11(7-5-10)12-13-8-9-14(12)2/h3-9H,1H2,2H3. The lowest BCUT2D eigenvalue weighted by Crippen LogP contribution is -1.90. The molecular weight excluding hydrogens is 172 g/mol. The fourth-order valence-electron chi connectivity index (χ4n) is 1.41. The Morgan fingerprint density at radius 1 is 1.29 bits per heavy atom. The minimum Gasteiger partial charge on any atom is -0.334 e. The van der Waals surface area contributed by atoms with Crippen molar-refractivity contribution in [3.8, 4) is 11.4 Å². The molecule has 0 saturated heterocycles. The summed E-state index contributed by atoms with van der Waals surface area (Å²) in [6, 6.07) is 8.19. The quantitative estimate of drug-likeness (QED) is 0.701. The summed E-state index contributed by atoms with van der Waals surface area (Å²) in [5.41, 5.74) is 2.26. The Bertz CT molecular complexity index is 438. The van der Waals surface area contributed by atoms with Gasteiger partial charge in [-0.1, -0.05) is 36.9 Å². The van der Waals surface area contributed by atoms with Crippen LogP contribution in [0, 0.1) is 0 Å². The van der Waals surface area contributed by atoms with E-state index in [1.165, 1.54) is 0 Å². The number of benzene rings is 1. The Morgan fingerprint density at radius 2 is 2.00 bits per heavy atom. The van der Waals surface area contributed by atoms with Gasteiger partial charge in [-0.05, 0) is 5.56 Å². The van der Waals surface area contributed by atoms with Crippen LogP contribution >= 0.6 is 0 Å². The lowest BCUT2D eigenvalue weighted by molar-refractivity contribution is 0.925. The highest BCUT2D eigenvalue weighted by atomic mass is 15.0. The molecule has 0 atom stereocenters. The molecule has 0 bridgehead atoms. The van der Waals surface area contributed by atoms with Crippen molar-refractivity contribution in [2.75, 3.05) is 0 Å². The fourth-order valence-corrected chi connectivity index (χ4v) is 1.41. The smallest absolute Gasteiger partial charge is 0.139 e. The number of rotatable bonds is 2. The van der Waals surface area contributed by atoms with E-state index in [2.05, 4.69) is 23.7 Å². The molecule has 70 valence electrons. The van der Waals surface area contributed by atoms with Crippen molar-refractivity contribution in [1.29, 1.82) is 0 Å². The van der Waals surface area contributed by atoms with Crippen molar-refractivity contribution in [2.24, 2.45) is 7.05 Å². The second kappa shape index (κ2) is 3.50. The molecule has 2 rings (SSSR count). The van der Waals surface area contributed by atoms with Gasteiger partial charge in [-0.15, -0.1) is 0 Å². The van der Waals surface area contributed by atoms with Gasteiger partial charge >= 0.3 is 0 Å². The molecule has 0 spiro atoms. The maximum Gasteiger partial charge on any atom is 0.139 e. The van der Waals surface area contributed by atoms with Gasteiger partial charge in [-0.3, -0.25) is 0 Å². The predicted molar refractivity (Wildman–Crippen MR) is 58.7 cm³/mol. The number of hydrogen-bond acceptors (Lipinski definition) is 1. The molecule has 0 radical (unpaired) electrons. The number of aryl methyl sites for hydroxylation is 1. The molecule has 1 aromatic heterocycles. The minimum absolute atomic E-state index is 0.987. The first-order valence-electron chi connectivity index (χ1n) is 4.51. The third kappa shape index (κ3) is 1.46. The van der Waals surface area contributed by atoms with Gasteiger partial charge in [0.25, 0.3) is 0 Å². The SMILES string of the molecule is C=Cc1ccc(-c2nccn2C)cc1. The highest BCUT2D eigenvalue weighted by Gasteiger charge is 2.01. The second-order valence-electron chi connectivity index (χ2n) is 3.19. The van der Waals surface area contributed by atoms with Gasteiger partial charge in [0.1, 0.15) is 5.82 Å². The summed E-state index contributed by atoms with van der Waals surface area (Å²) in [7, 11) is 1.99. The molecule has 2 aromatic rings. The number of nitrogens with zero attached hydrogens (tertiary/aromatic N) is 2. The van der Waals surface area contributed by atoms with Crippen molar-refractivity contribution in [2.45, 2.75) is 0 Å². The van der Waals surface area contributed by atoms with Crippen LogP contribution in [0.15, 0.2) is 43.2 Å². The zero-order valence-corrected chi connectivity index (χ0v) is 8.14. The van der Waals surface area contributed by atoms with E-state index >= 15 is 0 Å². The molecule has 0 aliphatic carbocycles. The third-order valence-electron chi connectivity index (χ3n) is 2.23. The van der Waals surface area contributed by atoms with E-state index in [4.69, 9.17) is 0 Å². The van der Waals surface area contributed by atoms with Crippen molar-refractivity contribution in [3.63, 3.8) is 0 Å². The van der Waals surface area contributed by atoms with Gasteiger partial charge in [0.05, 0.1) is 0 Å². The van der Waals surface area contributed by atoms with Crippen molar-refractivity contribution >= 4 is 6.08 Å². The number of hydrogen-bond donors (Lipinski definition) is 0. The Kier molecular flexibility index (Phi) is 2.19. The lowest BCUT2D eigenvalue weighted by Gasteiger charge is -2.01. The Labute approximate surface area is 83.5 Å². The molecule has 0 unspecified atom stereocenters. The molecule has 0 fully saturated rings. The third-order valence-corrected chi connectivity index (χ3v) is 2.23. The molecule has 1 aromatic carbocycles. The largest absolute Gasteiger partial charge is 0.334 e. The van der Waals surface area contributed by atoms with Gasteiger partial charge in [0.2, 0.25) is 0 Å². The summed E-state index contributed by atoms with van der Waals surface area (Å²) < 4.78 is 2.00. The van der Waals surface area contributed by atoms with Crippen LogP contribution < -0.4 is 0 Å². The molecule has 0 aliphatic heterocycles. The van der Waals surface area contributed by atoms with Crippen LogP contribution in [-0.4, -0.2) is 9.55 Å². The lowest BCUT2D eigenvalue weighted by atomic mass is 10.1. The van der Waals surface area contributed by atoms with Crippen LogP contribution in [0.2, 0.25) is 0 Å². The van der Waals surface area contributed by atoms with Crippen LogP contribution in [0.4, 0.5) is 0 Å². The molecule has 2 nitrogen and oxygen atoms in total. The number of aromatic nitrogens is 2. The van der Waals surface area contributed by atoms with Gasteiger partial charge in [-0.2, -0.15) is 0 Å². The Hall–Kier alpha value is -1.83. The molecular formula is C12H12N2. The molecule has 0 saturated carbocycles. The summed E-state index contributed by atoms with van der Waals surface area (Å²) in [5, 5.41) is 0. The highest BCUT2D eigenvalue weighted by Crippen LogP contribution is 2.17. The summed E-state index contributed by atoms with van der Waals surface area (Å²) >= 11 is 0. The maximum absolute atomic E-state index is 4.28. The van der Waals surface area contributed by atoms with Crippen molar-refractivity contribution < 1.29 is 0 Å². The van der Waals surface area contributed by atoms with Crippen molar-refractivity contribution in [1.82, 2.24) is 9.55 Å². The maximum atomic E-state index is 4.28. The zero-order chi connectivity index (χ0) is 9.97. The van der Waals surface area contributed by atoms with Crippen LogP contribution in [0.25, 0.3) is 17.5 Å². The average molecular weight is 184 g/mol. The summed E-state index contributed by atoms with van der Waals surface area (Å²) in [6.07, 6.45) is 5.58. The van der Waals surface area contributed by atoms with Crippen LogP contribution in [-0.2, 0) is 7.05 Å². The normalized spacial score (nSPS) is 10.1.